The molecule has 0 saturated carbocycles. The molecule has 0 spiro atoms. The number of carboxylic acid groups (broad SMARTS) is 1. The van der Waals surface area contributed by atoms with E-state index in [0.717, 1.165) is 25.7 Å². The van der Waals surface area contributed by atoms with Crippen molar-refractivity contribution in [3.05, 3.63) is 0 Å². The Morgan fingerprint density at radius 3 is 2.79 bits per heavy atom. The van der Waals surface area contributed by atoms with Crippen LogP contribution in [0.1, 0.15) is 39.5 Å². The van der Waals surface area contributed by atoms with Crippen LogP contribution in [0.3, 0.4) is 0 Å². The van der Waals surface area contributed by atoms with Crippen LogP contribution < -0.4 is 0 Å². The molecule has 1 saturated heterocycles. The largest absolute Gasteiger partial charge is 0.481 e. The summed E-state index contributed by atoms with van der Waals surface area (Å²) in [5.41, 5.74) is -0.617. The molecular formula is C11H20O3. The lowest BCUT2D eigenvalue weighted by Gasteiger charge is -2.38. The fourth-order valence-corrected chi connectivity index (χ4v) is 2.29. The van der Waals surface area contributed by atoms with E-state index in [4.69, 9.17) is 4.74 Å². The van der Waals surface area contributed by atoms with E-state index in [2.05, 4.69) is 6.92 Å². The quantitative estimate of drug-likeness (QED) is 0.757. The molecular weight excluding hydrogens is 180 g/mol. The van der Waals surface area contributed by atoms with E-state index in [1.54, 1.807) is 0 Å². The zero-order chi connectivity index (χ0) is 10.6. The number of ether oxygens (including phenoxy) is 1. The van der Waals surface area contributed by atoms with E-state index in [9.17, 15) is 9.90 Å². The van der Waals surface area contributed by atoms with Gasteiger partial charge in [0.25, 0.3) is 0 Å². The van der Waals surface area contributed by atoms with E-state index in [1.807, 2.05) is 6.92 Å². The van der Waals surface area contributed by atoms with Gasteiger partial charge in [-0.3, -0.25) is 4.79 Å². The summed E-state index contributed by atoms with van der Waals surface area (Å²) in [6.45, 7) is 5.24. The van der Waals surface area contributed by atoms with E-state index in [-0.39, 0.29) is 5.92 Å². The fourth-order valence-electron chi connectivity index (χ4n) is 2.29. The fraction of sp³-hybridized carbons (Fsp3) is 0.909. The van der Waals surface area contributed by atoms with Crippen LogP contribution in [-0.2, 0) is 9.53 Å². The molecule has 0 radical (unpaired) electrons. The van der Waals surface area contributed by atoms with Gasteiger partial charge in [-0.15, -0.1) is 0 Å². The minimum Gasteiger partial charge on any atom is -0.481 e. The molecule has 1 rings (SSSR count). The van der Waals surface area contributed by atoms with Crippen LogP contribution in [0.4, 0.5) is 0 Å². The highest BCUT2D eigenvalue weighted by Crippen LogP contribution is 2.38. The van der Waals surface area contributed by atoms with E-state index >= 15 is 0 Å². The Bertz CT molecular complexity index is 195. The smallest absolute Gasteiger partial charge is 0.312 e. The summed E-state index contributed by atoms with van der Waals surface area (Å²) >= 11 is 0. The molecule has 0 aliphatic carbocycles. The maximum atomic E-state index is 11.3. The van der Waals surface area contributed by atoms with Crippen molar-refractivity contribution in [3.63, 3.8) is 0 Å². The van der Waals surface area contributed by atoms with Gasteiger partial charge in [0, 0.05) is 6.61 Å². The molecule has 1 fully saturated rings. The number of hydrogen-bond donors (Lipinski definition) is 1. The Morgan fingerprint density at radius 2 is 2.36 bits per heavy atom. The van der Waals surface area contributed by atoms with Gasteiger partial charge >= 0.3 is 5.97 Å². The third kappa shape index (κ3) is 2.08. The van der Waals surface area contributed by atoms with Crippen LogP contribution in [-0.4, -0.2) is 24.3 Å². The molecule has 3 heteroatoms. The average Bonchev–Trinajstić information content (AvgIpc) is 2.19. The van der Waals surface area contributed by atoms with Gasteiger partial charge in [0.05, 0.1) is 12.0 Å². The maximum Gasteiger partial charge on any atom is 0.312 e. The van der Waals surface area contributed by atoms with Gasteiger partial charge in [-0.25, -0.2) is 0 Å². The molecule has 0 aromatic carbocycles. The first kappa shape index (κ1) is 11.5. The predicted molar refractivity (Wildman–Crippen MR) is 54.2 cm³/mol. The summed E-state index contributed by atoms with van der Waals surface area (Å²) in [7, 11) is 0. The van der Waals surface area contributed by atoms with Crippen molar-refractivity contribution >= 4 is 5.97 Å². The second kappa shape index (κ2) is 4.78. The Balaban J connectivity index is 2.74. The number of carboxylic acids is 1. The molecule has 1 aliphatic rings. The first-order chi connectivity index (χ1) is 6.63. The molecule has 14 heavy (non-hydrogen) atoms. The van der Waals surface area contributed by atoms with Gasteiger partial charge in [-0.2, -0.15) is 0 Å². The van der Waals surface area contributed by atoms with Gasteiger partial charge in [0.2, 0.25) is 0 Å². The third-order valence-corrected chi connectivity index (χ3v) is 3.36. The molecule has 2 unspecified atom stereocenters. The normalized spacial score (nSPS) is 29.9. The van der Waals surface area contributed by atoms with Crippen molar-refractivity contribution in [2.24, 2.45) is 11.3 Å². The van der Waals surface area contributed by atoms with Crippen LogP contribution in [0.2, 0.25) is 0 Å². The molecule has 0 bridgehead atoms. The topological polar surface area (TPSA) is 46.5 Å². The molecule has 82 valence electrons. The van der Waals surface area contributed by atoms with Gasteiger partial charge in [-0.1, -0.05) is 20.3 Å². The van der Waals surface area contributed by atoms with E-state index in [0.29, 0.717) is 13.2 Å². The van der Waals surface area contributed by atoms with Crippen LogP contribution in [0, 0.1) is 11.3 Å². The molecule has 1 N–H and O–H groups in total. The van der Waals surface area contributed by atoms with Gasteiger partial charge < -0.3 is 9.84 Å². The van der Waals surface area contributed by atoms with Gasteiger partial charge in [0.1, 0.15) is 0 Å². The highest BCUT2D eigenvalue weighted by atomic mass is 16.5. The molecule has 1 aliphatic heterocycles. The molecule has 1 heterocycles. The summed E-state index contributed by atoms with van der Waals surface area (Å²) in [4.78, 5) is 11.3. The van der Waals surface area contributed by atoms with Crippen LogP contribution >= 0.6 is 0 Å². The minimum absolute atomic E-state index is 0.213. The summed E-state index contributed by atoms with van der Waals surface area (Å²) in [6.07, 6.45) is 3.65. The monoisotopic (exact) mass is 200 g/mol. The Hall–Kier alpha value is -0.570. The molecule has 0 aromatic heterocycles. The van der Waals surface area contributed by atoms with E-state index in [1.165, 1.54) is 0 Å². The summed E-state index contributed by atoms with van der Waals surface area (Å²) in [5, 5.41) is 9.31. The highest BCUT2D eigenvalue weighted by Gasteiger charge is 2.44. The van der Waals surface area contributed by atoms with Gasteiger partial charge in [-0.05, 0) is 25.2 Å². The standard InChI is InChI=1S/C11H20O3/c1-3-5-9(2)11(10(12)13)6-4-7-14-8-11/h9H,3-8H2,1-2H3,(H,12,13). The van der Waals surface area contributed by atoms with Crippen molar-refractivity contribution in [2.75, 3.05) is 13.2 Å². The first-order valence-electron chi connectivity index (χ1n) is 5.44. The van der Waals surface area contributed by atoms with Crippen molar-refractivity contribution in [2.45, 2.75) is 39.5 Å². The molecule has 3 nitrogen and oxygen atoms in total. The molecule has 0 amide bonds. The highest BCUT2D eigenvalue weighted by molar-refractivity contribution is 5.75. The van der Waals surface area contributed by atoms with Crippen LogP contribution in [0.15, 0.2) is 0 Å². The van der Waals surface area contributed by atoms with Crippen LogP contribution in [0.5, 0.6) is 0 Å². The lowest BCUT2D eigenvalue weighted by Crippen LogP contribution is -2.44. The first-order valence-corrected chi connectivity index (χ1v) is 5.44. The van der Waals surface area contributed by atoms with Gasteiger partial charge in [0.15, 0.2) is 0 Å². The van der Waals surface area contributed by atoms with Crippen molar-refractivity contribution in [1.82, 2.24) is 0 Å². The lowest BCUT2D eigenvalue weighted by atomic mass is 9.71. The SMILES string of the molecule is CCCC(C)C1(C(=O)O)CCCOC1. The Kier molecular flexibility index (Phi) is 3.93. The zero-order valence-electron chi connectivity index (χ0n) is 9.08. The molecule has 0 aromatic rings. The summed E-state index contributed by atoms with van der Waals surface area (Å²) in [5.74, 6) is -0.469. The second-order valence-electron chi connectivity index (χ2n) is 4.31. The number of carbonyl (C=O) groups is 1. The van der Waals surface area contributed by atoms with Crippen molar-refractivity contribution in [1.29, 1.82) is 0 Å². The number of aliphatic carboxylic acids is 1. The Morgan fingerprint density at radius 1 is 1.64 bits per heavy atom. The van der Waals surface area contributed by atoms with Crippen molar-refractivity contribution < 1.29 is 14.6 Å². The third-order valence-electron chi connectivity index (χ3n) is 3.36. The number of rotatable bonds is 4. The summed E-state index contributed by atoms with van der Waals surface area (Å²) in [6, 6.07) is 0. The second-order valence-corrected chi connectivity index (χ2v) is 4.31. The maximum absolute atomic E-state index is 11.3. The van der Waals surface area contributed by atoms with Crippen LogP contribution in [0.25, 0.3) is 0 Å². The average molecular weight is 200 g/mol. The lowest BCUT2D eigenvalue weighted by molar-refractivity contribution is -0.163. The number of hydrogen-bond acceptors (Lipinski definition) is 2. The minimum atomic E-state index is -0.682. The predicted octanol–water partition coefficient (Wildman–Crippen LogP) is 2.30. The molecule has 2 atom stereocenters. The zero-order valence-corrected chi connectivity index (χ0v) is 9.08. The Labute approximate surface area is 85.5 Å². The van der Waals surface area contributed by atoms with E-state index < -0.39 is 11.4 Å². The summed E-state index contributed by atoms with van der Waals surface area (Å²) < 4.78 is 5.33. The van der Waals surface area contributed by atoms with Crippen molar-refractivity contribution in [3.8, 4) is 0 Å².